The summed E-state index contributed by atoms with van der Waals surface area (Å²) >= 11 is 0. The van der Waals surface area contributed by atoms with Crippen LogP contribution in [0, 0.1) is 23.7 Å². The van der Waals surface area contributed by atoms with E-state index in [-0.39, 0.29) is 18.6 Å². The first kappa shape index (κ1) is 30.7. The van der Waals surface area contributed by atoms with Gasteiger partial charge in [0, 0.05) is 49.6 Å². The summed E-state index contributed by atoms with van der Waals surface area (Å²) in [6, 6.07) is 11.5. The zero-order chi connectivity index (χ0) is 29.1. The Morgan fingerprint density at radius 2 is 1.95 bits per heavy atom. The minimum atomic E-state index is -0.413. The van der Waals surface area contributed by atoms with Gasteiger partial charge in [-0.2, -0.15) is 5.26 Å². The lowest BCUT2D eigenvalue weighted by Gasteiger charge is -2.32. The van der Waals surface area contributed by atoms with E-state index < -0.39 is 5.41 Å². The Labute approximate surface area is 243 Å². The van der Waals surface area contributed by atoms with Gasteiger partial charge in [-0.1, -0.05) is 6.07 Å². The molecule has 222 valence electrons. The zero-order valence-corrected chi connectivity index (χ0v) is 24.6. The summed E-state index contributed by atoms with van der Waals surface area (Å²) in [5, 5.41) is 20.4. The number of aromatic nitrogens is 2. The Bertz CT molecular complexity index is 1170. The van der Waals surface area contributed by atoms with Gasteiger partial charge in [0.15, 0.2) is 0 Å². The number of nitrogens with one attached hydrogen (secondary N) is 3. The maximum atomic E-state index is 11.4. The Morgan fingerprint density at radius 1 is 1.20 bits per heavy atom. The highest BCUT2D eigenvalue weighted by Crippen LogP contribution is 2.31. The molecule has 0 bridgehead atoms. The van der Waals surface area contributed by atoms with Crippen molar-refractivity contribution in [3.8, 4) is 17.3 Å². The number of rotatable bonds is 13. The monoisotopic (exact) mass is 564 g/mol. The lowest BCUT2D eigenvalue weighted by Crippen LogP contribution is -2.43. The molecule has 2 fully saturated rings. The van der Waals surface area contributed by atoms with Gasteiger partial charge in [-0.25, -0.2) is 14.8 Å². The van der Waals surface area contributed by atoms with Crippen molar-refractivity contribution in [3.63, 3.8) is 0 Å². The van der Waals surface area contributed by atoms with Crippen LogP contribution in [0.5, 0.6) is 0 Å². The van der Waals surface area contributed by atoms with Crippen LogP contribution in [-0.4, -0.2) is 73.6 Å². The third-order valence-electron chi connectivity index (χ3n) is 7.92. The predicted octanol–water partition coefficient (Wildman–Crippen LogP) is 4.47. The molecule has 1 atom stereocenters. The molecule has 4 rings (SSSR count). The molecular formula is C31H44N6O4. The average molecular weight is 565 g/mol. The molecule has 3 N–H and O–H groups in total. The summed E-state index contributed by atoms with van der Waals surface area (Å²) in [4.78, 5) is 21.0. The first-order chi connectivity index (χ1) is 19.9. The van der Waals surface area contributed by atoms with E-state index >= 15 is 0 Å². The summed E-state index contributed by atoms with van der Waals surface area (Å²) in [6.07, 6.45) is 7.57. The summed E-state index contributed by atoms with van der Waals surface area (Å²) in [6.45, 7) is 8.57. The summed E-state index contributed by atoms with van der Waals surface area (Å²) in [7, 11) is 0. The fourth-order valence-corrected chi connectivity index (χ4v) is 5.50. The molecule has 10 nitrogen and oxygen atoms in total. The van der Waals surface area contributed by atoms with Crippen molar-refractivity contribution in [1.82, 2.24) is 15.3 Å². The lowest BCUT2D eigenvalue weighted by molar-refractivity contribution is -0.148. The van der Waals surface area contributed by atoms with E-state index in [4.69, 9.17) is 19.2 Å². The Kier molecular flexibility index (Phi) is 11.3. The van der Waals surface area contributed by atoms with Crippen LogP contribution in [0.4, 0.5) is 11.6 Å². The Morgan fingerprint density at radius 3 is 2.68 bits per heavy atom. The number of hydrogen-bond acceptors (Lipinski definition) is 10. The molecule has 1 aliphatic heterocycles. The molecule has 2 aromatic rings. The number of carbonyl (C=O) groups excluding carboxylic acids is 1. The molecular weight excluding hydrogens is 520 g/mol. The lowest BCUT2D eigenvalue weighted by atomic mass is 9.82. The molecule has 3 heterocycles. The van der Waals surface area contributed by atoms with Crippen LogP contribution in [0.25, 0.3) is 11.3 Å². The van der Waals surface area contributed by atoms with Gasteiger partial charge in [0.05, 0.1) is 30.4 Å². The predicted molar refractivity (Wildman–Crippen MR) is 159 cm³/mol. The summed E-state index contributed by atoms with van der Waals surface area (Å²) in [5.74, 6) is 1.30. The van der Waals surface area contributed by atoms with Crippen LogP contribution in [0.3, 0.4) is 0 Å². The highest BCUT2D eigenvalue weighted by molar-refractivity contribution is 5.70. The van der Waals surface area contributed by atoms with Gasteiger partial charge in [-0.15, -0.1) is 0 Å². The molecule has 10 heteroatoms. The number of esters is 1. The van der Waals surface area contributed by atoms with Gasteiger partial charge < -0.3 is 30.2 Å². The first-order valence-electron chi connectivity index (χ1n) is 14.8. The molecule has 1 aliphatic carbocycles. The van der Waals surface area contributed by atoms with Gasteiger partial charge >= 0.3 is 5.97 Å². The largest absolute Gasteiger partial charge is 0.464 e. The SMILES string of the molecule is CCOC(=O)COC[C@H](C)N[C@H]1CC[C@H](Nc2cc(-c3cccc(NCC4(C#N)CCOCC4)n3)c(C)cn2)CC1. The number of hydrogen-bond donors (Lipinski definition) is 3. The van der Waals surface area contributed by atoms with Gasteiger partial charge in [0.2, 0.25) is 0 Å². The quantitative estimate of drug-likeness (QED) is 0.300. The molecule has 2 aromatic heterocycles. The van der Waals surface area contributed by atoms with Crippen LogP contribution in [0.1, 0.15) is 57.9 Å². The van der Waals surface area contributed by atoms with Crippen molar-refractivity contribution in [2.24, 2.45) is 5.41 Å². The molecule has 2 aliphatic rings. The van der Waals surface area contributed by atoms with Gasteiger partial charge in [0.25, 0.3) is 0 Å². The zero-order valence-electron chi connectivity index (χ0n) is 24.6. The third kappa shape index (κ3) is 9.12. The fraction of sp³-hybridized carbons (Fsp3) is 0.613. The molecule has 0 unspecified atom stereocenters. The van der Waals surface area contributed by atoms with E-state index in [0.29, 0.717) is 45.1 Å². The molecule has 0 aromatic carbocycles. The van der Waals surface area contributed by atoms with Crippen LogP contribution < -0.4 is 16.0 Å². The smallest absolute Gasteiger partial charge is 0.332 e. The topological polar surface area (TPSA) is 130 Å². The van der Waals surface area contributed by atoms with Gasteiger partial charge in [0.1, 0.15) is 18.2 Å². The Balaban J connectivity index is 1.28. The second-order valence-corrected chi connectivity index (χ2v) is 11.2. The summed E-state index contributed by atoms with van der Waals surface area (Å²) < 4.78 is 15.8. The number of carbonyl (C=O) groups is 1. The van der Waals surface area contributed by atoms with E-state index in [1.807, 2.05) is 24.4 Å². The number of pyridine rings is 2. The second kappa shape index (κ2) is 15.1. The van der Waals surface area contributed by atoms with Crippen molar-refractivity contribution in [3.05, 3.63) is 36.0 Å². The first-order valence-corrected chi connectivity index (χ1v) is 14.8. The normalized spacial score (nSPS) is 20.9. The molecule has 1 saturated carbocycles. The van der Waals surface area contributed by atoms with Crippen LogP contribution >= 0.6 is 0 Å². The minimum Gasteiger partial charge on any atom is -0.464 e. The van der Waals surface area contributed by atoms with Crippen LogP contribution in [0.15, 0.2) is 30.5 Å². The number of nitrogens with zero attached hydrogens (tertiary/aromatic N) is 3. The number of anilines is 2. The molecule has 1 saturated heterocycles. The molecule has 0 spiro atoms. The van der Waals surface area contributed by atoms with E-state index in [1.54, 1.807) is 6.92 Å². The van der Waals surface area contributed by atoms with Gasteiger partial charge in [-0.3, -0.25) is 0 Å². The maximum absolute atomic E-state index is 11.4. The van der Waals surface area contributed by atoms with Crippen molar-refractivity contribution in [1.29, 1.82) is 5.26 Å². The van der Waals surface area contributed by atoms with E-state index in [1.165, 1.54) is 0 Å². The highest BCUT2D eigenvalue weighted by atomic mass is 16.6. The molecule has 41 heavy (non-hydrogen) atoms. The number of nitriles is 1. The second-order valence-electron chi connectivity index (χ2n) is 11.2. The van der Waals surface area contributed by atoms with Crippen molar-refractivity contribution >= 4 is 17.6 Å². The average Bonchev–Trinajstić information content (AvgIpc) is 2.99. The van der Waals surface area contributed by atoms with Gasteiger partial charge in [-0.05, 0) is 83.1 Å². The molecule has 0 radical (unpaired) electrons. The van der Waals surface area contributed by atoms with Crippen molar-refractivity contribution in [2.45, 2.75) is 77.4 Å². The molecule has 0 amide bonds. The number of aryl methyl sites for hydroxylation is 1. The van der Waals surface area contributed by atoms with Crippen LogP contribution in [-0.2, 0) is 19.0 Å². The number of ether oxygens (including phenoxy) is 3. The van der Waals surface area contributed by atoms with E-state index in [2.05, 4.69) is 46.9 Å². The fourth-order valence-electron chi connectivity index (χ4n) is 5.50. The van der Waals surface area contributed by atoms with E-state index in [0.717, 1.165) is 67.0 Å². The Hall–Kier alpha value is -3.26. The van der Waals surface area contributed by atoms with Crippen molar-refractivity contribution in [2.75, 3.05) is 50.2 Å². The minimum absolute atomic E-state index is 0.00386. The third-order valence-corrected chi connectivity index (χ3v) is 7.92. The summed E-state index contributed by atoms with van der Waals surface area (Å²) in [5.41, 5.74) is 2.57. The van der Waals surface area contributed by atoms with Crippen molar-refractivity contribution < 1.29 is 19.0 Å². The van der Waals surface area contributed by atoms with Crippen LogP contribution in [0.2, 0.25) is 0 Å². The standard InChI is InChI=1S/C31H44N6O4/c1-4-41-30(38)19-40-18-23(3)35-24-8-10-25(11-9-24)36-29-16-26(22(2)17-33-29)27-6-5-7-28(37-27)34-21-31(20-32)12-14-39-15-13-31/h5-7,16-17,23-25,35H,4,8-15,18-19,21H2,1-3H3,(H,33,36)(H,34,37)/t23-,24-,25-/m0/s1. The maximum Gasteiger partial charge on any atom is 0.332 e. The highest BCUT2D eigenvalue weighted by Gasteiger charge is 2.32. The van der Waals surface area contributed by atoms with E-state index in [9.17, 15) is 10.1 Å².